The Balaban J connectivity index is 2.02. The molecule has 0 aromatic heterocycles. The van der Waals surface area contributed by atoms with Crippen LogP contribution in [-0.4, -0.2) is 23.1 Å². The Kier molecular flexibility index (Phi) is 4.54. The van der Waals surface area contributed by atoms with Gasteiger partial charge in [0.2, 0.25) is 0 Å². The number of hydrazine groups is 1. The minimum absolute atomic E-state index is 0.603. The molecule has 0 fully saturated rings. The average molecular weight is 397 g/mol. The molecule has 2 aromatic rings. The zero-order valence-corrected chi connectivity index (χ0v) is 16.6. The molecule has 2 heterocycles. The van der Waals surface area contributed by atoms with Gasteiger partial charge in [0.15, 0.2) is 5.84 Å². The molecule has 2 aromatic carbocycles. The van der Waals surface area contributed by atoms with E-state index in [1.54, 1.807) is 0 Å². The van der Waals surface area contributed by atoms with Crippen LogP contribution in [0.3, 0.4) is 0 Å². The number of hydrogen-bond acceptors (Lipinski definition) is 4. The standard InChI is InChI=1S/C21H18Cl2N4/c1-4-9-27-21-19(13(3)26-27)25-20(14-7-5-6-8-16(14)22)15-10-12(2)17(23)11-18(15)24-21/h4-8,10-11,26H,1,9H2,2-3H3. The van der Waals surface area contributed by atoms with Crippen LogP contribution in [0.15, 0.2) is 70.4 Å². The van der Waals surface area contributed by atoms with Crippen molar-refractivity contribution in [3.8, 4) is 0 Å². The van der Waals surface area contributed by atoms with Gasteiger partial charge in [-0.05, 0) is 37.6 Å². The Morgan fingerprint density at radius 3 is 2.59 bits per heavy atom. The number of nitrogens with one attached hydrogen (secondary N) is 1. The predicted octanol–water partition coefficient (Wildman–Crippen LogP) is 5.42. The summed E-state index contributed by atoms with van der Waals surface area (Å²) < 4.78 is 0. The summed E-state index contributed by atoms with van der Waals surface area (Å²) in [4.78, 5) is 9.89. The molecule has 4 nitrogen and oxygen atoms in total. The summed E-state index contributed by atoms with van der Waals surface area (Å²) in [7, 11) is 0. The van der Waals surface area contributed by atoms with E-state index in [1.165, 1.54) is 0 Å². The molecule has 0 amide bonds. The fourth-order valence-corrected chi connectivity index (χ4v) is 3.59. The fraction of sp³-hybridized carbons (Fsp3) is 0.143. The van der Waals surface area contributed by atoms with E-state index in [0.29, 0.717) is 16.6 Å². The van der Waals surface area contributed by atoms with E-state index in [-0.39, 0.29) is 0 Å². The molecule has 2 aliphatic heterocycles. The zero-order chi connectivity index (χ0) is 19.1. The van der Waals surface area contributed by atoms with E-state index < -0.39 is 0 Å². The first-order valence-corrected chi connectivity index (χ1v) is 9.34. The number of fused-ring (bicyclic) bond motifs is 2. The largest absolute Gasteiger partial charge is 0.299 e. The smallest absolute Gasteiger partial charge is 0.176 e. The van der Waals surface area contributed by atoms with Crippen molar-refractivity contribution in [3.63, 3.8) is 0 Å². The molecule has 0 bridgehead atoms. The number of halogens is 2. The van der Waals surface area contributed by atoms with E-state index in [0.717, 1.165) is 45.3 Å². The van der Waals surface area contributed by atoms with Crippen LogP contribution in [0, 0.1) is 6.92 Å². The summed E-state index contributed by atoms with van der Waals surface area (Å²) in [5.41, 5.74) is 9.31. The predicted molar refractivity (Wildman–Crippen MR) is 113 cm³/mol. The van der Waals surface area contributed by atoms with Gasteiger partial charge in [-0.15, -0.1) is 6.58 Å². The van der Waals surface area contributed by atoms with Gasteiger partial charge in [0.05, 0.1) is 23.6 Å². The monoisotopic (exact) mass is 396 g/mol. The Bertz CT molecular complexity index is 1050. The highest BCUT2D eigenvalue weighted by Crippen LogP contribution is 2.36. The number of amidine groups is 1. The maximum atomic E-state index is 6.51. The van der Waals surface area contributed by atoms with Gasteiger partial charge in [-0.3, -0.25) is 10.4 Å². The minimum atomic E-state index is 0.603. The molecule has 4 rings (SSSR count). The second kappa shape index (κ2) is 6.87. The van der Waals surface area contributed by atoms with Crippen LogP contribution >= 0.6 is 23.2 Å². The Labute approximate surface area is 168 Å². The Morgan fingerprint density at radius 1 is 1.07 bits per heavy atom. The SMILES string of the molecule is C=CCN1NC(C)=C2N=C(c3ccccc3Cl)c3cc(C)c(Cl)cc3N=C21. The summed E-state index contributed by atoms with van der Waals surface area (Å²) in [6.45, 7) is 8.38. The zero-order valence-electron chi connectivity index (χ0n) is 15.1. The van der Waals surface area contributed by atoms with Crippen LogP contribution in [0.4, 0.5) is 5.69 Å². The van der Waals surface area contributed by atoms with Crippen molar-refractivity contribution in [2.24, 2.45) is 9.98 Å². The van der Waals surface area contributed by atoms with E-state index in [9.17, 15) is 0 Å². The number of aryl methyl sites for hydroxylation is 1. The maximum absolute atomic E-state index is 6.51. The lowest BCUT2D eigenvalue weighted by molar-refractivity contribution is 0.397. The molecule has 0 unspecified atom stereocenters. The fourth-order valence-electron chi connectivity index (χ4n) is 3.21. The second-order valence-corrected chi connectivity index (χ2v) is 7.29. The normalized spacial score (nSPS) is 15.5. The third-order valence-electron chi connectivity index (χ3n) is 4.55. The van der Waals surface area contributed by atoms with E-state index in [4.69, 9.17) is 33.2 Å². The maximum Gasteiger partial charge on any atom is 0.176 e. The molecule has 136 valence electrons. The molecule has 27 heavy (non-hydrogen) atoms. The lowest BCUT2D eigenvalue weighted by Gasteiger charge is -2.18. The van der Waals surface area contributed by atoms with Crippen molar-refractivity contribution < 1.29 is 0 Å². The molecule has 0 saturated heterocycles. The lowest BCUT2D eigenvalue weighted by Crippen LogP contribution is -2.35. The van der Waals surface area contributed by atoms with Crippen molar-refractivity contribution in [1.29, 1.82) is 0 Å². The highest BCUT2D eigenvalue weighted by Gasteiger charge is 2.30. The van der Waals surface area contributed by atoms with Gasteiger partial charge in [0, 0.05) is 21.2 Å². The number of allylic oxidation sites excluding steroid dienone is 1. The number of aliphatic imine (C=N–C) groups is 2. The van der Waals surface area contributed by atoms with Crippen molar-refractivity contribution in [1.82, 2.24) is 10.4 Å². The van der Waals surface area contributed by atoms with Gasteiger partial charge in [0.1, 0.15) is 5.70 Å². The summed E-state index contributed by atoms with van der Waals surface area (Å²) in [5.74, 6) is 0.746. The average Bonchev–Trinajstić information content (AvgIpc) is 2.82. The number of hydrogen-bond donors (Lipinski definition) is 1. The van der Waals surface area contributed by atoms with Crippen LogP contribution in [-0.2, 0) is 0 Å². The van der Waals surface area contributed by atoms with Crippen LogP contribution in [0.5, 0.6) is 0 Å². The third kappa shape index (κ3) is 3.05. The van der Waals surface area contributed by atoms with Gasteiger partial charge in [-0.2, -0.15) is 0 Å². The second-order valence-electron chi connectivity index (χ2n) is 6.48. The Hall–Kier alpha value is -2.56. The molecule has 1 N–H and O–H groups in total. The van der Waals surface area contributed by atoms with E-state index in [2.05, 4.69) is 12.0 Å². The summed E-state index contributed by atoms with van der Waals surface area (Å²) in [6, 6.07) is 11.6. The quantitative estimate of drug-likeness (QED) is 0.703. The first kappa shape index (κ1) is 17.8. The molecule has 6 heteroatoms. The Morgan fingerprint density at radius 2 is 1.85 bits per heavy atom. The summed E-state index contributed by atoms with van der Waals surface area (Å²) in [5, 5.41) is 3.24. The number of benzene rings is 2. The molecular weight excluding hydrogens is 379 g/mol. The first-order chi connectivity index (χ1) is 13.0. The lowest BCUT2D eigenvalue weighted by atomic mass is 9.98. The van der Waals surface area contributed by atoms with Crippen LogP contribution < -0.4 is 5.43 Å². The van der Waals surface area contributed by atoms with Gasteiger partial charge < -0.3 is 0 Å². The minimum Gasteiger partial charge on any atom is -0.299 e. The summed E-state index contributed by atoms with van der Waals surface area (Å²) >= 11 is 12.9. The van der Waals surface area contributed by atoms with E-state index in [1.807, 2.05) is 61.3 Å². The molecule has 0 atom stereocenters. The molecule has 0 spiro atoms. The van der Waals surface area contributed by atoms with E-state index >= 15 is 0 Å². The molecule has 0 radical (unpaired) electrons. The highest BCUT2D eigenvalue weighted by molar-refractivity contribution is 6.36. The number of rotatable bonds is 3. The van der Waals surface area contributed by atoms with Gasteiger partial charge in [-0.25, -0.2) is 9.98 Å². The topological polar surface area (TPSA) is 40.0 Å². The number of nitrogens with zero attached hydrogens (tertiary/aromatic N) is 3. The highest BCUT2D eigenvalue weighted by atomic mass is 35.5. The molecular formula is C21H18Cl2N4. The van der Waals surface area contributed by atoms with Crippen LogP contribution in [0.2, 0.25) is 10.0 Å². The molecule has 0 saturated carbocycles. The summed E-state index contributed by atoms with van der Waals surface area (Å²) in [6.07, 6.45) is 1.82. The van der Waals surface area contributed by atoms with Gasteiger partial charge in [0.25, 0.3) is 0 Å². The molecule has 2 aliphatic rings. The molecule has 0 aliphatic carbocycles. The first-order valence-electron chi connectivity index (χ1n) is 8.58. The van der Waals surface area contributed by atoms with Crippen molar-refractivity contribution in [3.05, 3.63) is 87.2 Å². The van der Waals surface area contributed by atoms with Crippen LogP contribution in [0.1, 0.15) is 23.6 Å². The van der Waals surface area contributed by atoms with Gasteiger partial charge >= 0.3 is 0 Å². The third-order valence-corrected chi connectivity index (χ3v) is 5.28. The van der Waals surface area contributed by atoms with Crippen molar-refractivity contribution in [2.75, 3.05) is 6.54 Å². The van der Waals surface area contributed by atoms with Gasteiger partial charge in [-0.1, -0.05) is 47.5 Å². The van der Waals surface area contributed by atoms with Crippen LogP contribution in [0.25, 0.3) is 0 Å². The van der Waals surface area contributed by atoms with Crippen molar-refractivity contribution >= 4 is 40.4 Å². The van der Waals surface area contributed by atoms with Crippen molar-refractivity contribution in [2.45, 2.75) is 13.8 Å².